The quantitative estimate of drug-likeness (QED) is 0.231. The van der Waals surface area contributed by atoms with E-state index in [0.717, 1.165) is 30.4 Å². The standard InChI is InChI=1S/C24H35N5O3.HI/c1-3-26-23(30)18-32-20-10-7-9-19(15-20)16-27-24(25-2)28-17-21(22-11-8-14-31-22)29-12-5-4-6-13-29;/h7-11,14-15,21H,3-6,12-13,16-18H2,1-2H3,(H,26,30)(H2,25,27,28);1H. The van der Waals surface area contributed by atoms with Crippen LogP contribution in [0.1, 0.15) is 43.6 Å². The molecule has 0 spiro atoms. The highest BCUT2D eigenvalue weighted by Gasteiger charge is 2.24. The summed E-state index contributed by atoms with van der Waals surface area (Å²) in [5, 5.41) is 9.53. The lowest BCUT2D eigenvalue weighted by Gasteiger charge is -2.33. The summed E-state index contributed by atoms with van der Waals surface area (Å²) in [6.45, 7) is 5.96. The van der Waals surface area contributed by atoms with Gasteiger partial charge in [-0.05, 0) is 62.7 Å². The molecule has 2 aromatic rings. The monoisotopic (exact) mass is 569 g/mol. The van der Waals surface area contributed by atoms with Gasteiger partial charge in [0.05, 0.1) is 12.3 Å². The van der Waals surface area contributed by atoms with Crippen molar-refractivity contribution in [3.63, 3.8) is 0 Å². The van der Waals surface area contributed by atoms with E-state index in [4.69, 9.17) is 9.15 Å². The van der Waals surface area contributed by atoms with Crippen molar-refractivity contribution in [2.45, 2.75) is 38.8 Å². The molecule has 0 saturated carbocycles. The van der Waals surface area contributed by atoms with E-state index in [1.807, 2.05) is 43.3 Å². The van der Waals surface area contributed by atoms with Gasteiger partial charge in [0, 0.05) is 26.7 Å². The maximum absolute atomic E-state index is 11.6. The third-order valence-corrected chi connectivity index (χ3v) is 5.49. The zero-order valence-electron chi connectivity index (χ0n) is 19.5. The van der Waals surface area contributed by atoms with Gasteiger partial charge in [0.15, 0.2) is 12.6 Å². The number of ether oxygens (including phenoxy) is 1. The fourth-order valence-corrected chi connectivity index (χ4v) is 3.86. The van der Waals surface area contributed by atoms with E-state index in [2.05, 4.69) is 25.8 Å². The van der Waals surface area contributed by atoms with E-state index >= 15 is 0 Å². The molecule has 1 unspecified atom stereocenters. The number of rotatable bonds is 10. The molecular formula is C24H36IN5O3. The van der Waals surface area contributed by atoms with Crippen molar-refractivity contribution >= 4 is 35.8 Å². The second-order valence-electron chi connectivity index (χ2n) is 7.82. The zero-order valence-corrected chi connectivity index (χ0v) is 21.8. The number of carbonyl (C=O) groups excluding carboxylic acids is 1. The van der Waals surface area contributed by atoms with Crippen LogP contribution < -0.4 is 20.7 Å². The van der Waals surface area contributed by atoms with E-state index in [9.17, 15) is 4.79 Å². The number of guanidine groups is 1. The molecule has 1 aliphatic rings. The van der Waals surface area contributed by atoms with E-state index in [1.165, 1.54) is 19.3 Å². The summed E-state index contributed by atoms with van der Waals surface area (Å²) in [6.07, 6.45) is 5.48. The van der Waals surface area contributed by atoms with Gasteiger partial charge in [0.25, 0.3) is 5.91 Å². The molecular weight excluding hydrogens is 533 g/mol. The molecule has 0 radical (unpaired) electrons. The third-order valence-electron chi connectivity index (χ3n) is 5.49. The number of nitrogens with one attached hydrogen (secondary N) is 3. The van der Waals surface area contributed by atoms with Crippen LogP contribution in [0.3, 0.4) is 0 Å². The molecule has 1 aromatic carbocycles. The van der Waals surface area contributed by atoms with Crippen LogP contribution >= 0.6 is 24.0 Å². The summed E-state index contributed by atoms with van der Waals surface area (Å²) < 4.78 is 11.3. The molecule has 0 aliphatic carbocycles. The number of aliphatic imine (C=N–C) groups is 1. The van der Waals surface area contributed by atoms with Crippen molar-refractivity contribution in [3.8, 4) is 5.75 Å². The number of hydrogen-bond acceptors (Lipinski definition) is 5. The van der Waals surface area contributed by atoms with Crippen molar-refractivity contribution in [1.29, 1.82) is 0 Å². The lowest BCUT2D eigenvalue weighted by molar-refractivity contribution is -0.122. The topological polar surface area (TPSA) is 91.1 Å². The average molecular weight is 569 g/mol. The molecule has 3 N–H and O–H groups in total. The Hall–Kier alpha value is -2.27. The number of hydrogen-bond donors (Lipinski definition) is 3. The van der Waals surface area contributed by atoms with Crippen molar-refractivity contribution in [2.75, 3.05) is 39.8 Å². The van der Waals surface area contributed by atoms with Crippen LogP contribution in [0.4, 0.5) is 0 Å². The van der Waals surface area contributed by atoms with Gasteiger partial charge in [-0.2, -0.15) is 0 Å². The van der Waals surface area contributed by atoms with E-state index in [-0.39, 0.29) is 42.5 Å². The Morgan fingerprint density at radius 2 is 1.97 bits per heavy atom. The van der Waals surface area contributed by atoms with Crippen LogP contribution in [-0.2, 0) is 11.3 Å². The van der Waals surface area contributed by atoms with E-state index in [1.54, 1.807) is 13.3 Å². The molecule has 1 saturated heterocycles. The van der Waals surface area contributed by atoms with Crippen molar-refractivity contribution in [2.24, 2.45) is 4.99 Å². The summed E-state index contributed by atoms with van der Waals surface area (Å²) in [5.41, 5.74) is 1.04. The summed E-state index contributed by atoms with van der Waals surface area (Å²) in [4.78, 5) is 18.4. The Morgan fingerprint density at radius 3 is 2.67 bits per heavy atom. The molecule has 33 heavy (non-hydrogen) atoms. The maximum Gasteiger partial charge on any atom is 0.257 e. The van der Waals surface area contributed by atoms with Crippen molar-refractivity contribution in [3.05, 3.63) is 54.0 Å². The van der Waals surface area contributed by atoms with Gasteiger partial charge in [-0.3, -0.25) is 14.7 Å². The molecule has 9 heteroatoms. The SMILES string of the molecule is CCNC(=O)COc1cccc(CNC(=NC)NCC(c2ccco2)N2CCCCC2)c1.I. The van der Waals surface area contributed by atoms with Crippen LogP contribution in [0, 0.1) is 0 Å². The van der Waals surface area contributed by atoms with Gasteiger partial charge in [-0.25, -0.2) is 0 Å². The second-order valence-corrected chi connectivity index (χ2v) is 7.82. The van der Waals surface area contributed by atoms with Crippen LogP contribution in [-0.4, -0.2) is 56.6 Å². The number of halogens is 1. The minimum atomic E-state index is -0.125. The first-order valence-electron chi connectivity index (χ1n) is 11.4. The van der Waals surface area contributed by atoms with Crippen LogP contribution in [0.5, 0.6) is 5.75 Å². The lowest BCUT2D eigenvalue weighted by atomic mass is 10.1. The number of piperidine rings is 1. The van der Waals surface area contributed by atoms with Gasteiger partial charge in [0.2, 0.25) is 0 Å². The minimum Gasteiger partial charge on any atom is -0.484 e. The summed E-state index contributed by atoms with van der Waals surface area (Å²) in [5.74, 6) is 2.25. The number of amides is 1. The zero-order chi connectivity index (χ0) is 22.6. The molecule has 1 aromatic heterocycles. The average Bonchev–Trinajstić information content (AvgIpc) is 3.36. The smallest absolute Gasteiger partial charge is 0.257 e. The first-order chi connectivity index (χ1) is 15.7. The third kappa shape index (κ3) is 8.88. The van der Waals surface area contributed by atoms with Crippen molar-refractivity contribution in [1.82, 2.24) is 20.9 Å². The Labute approximate surface area is 213 Å². The normalized spacial score (nSPS) is 15.3. The second kappa shape index (κ2) is 14.8. The summed E-state index contributed by atoms with van der Waals surface area (Å²) >= 11 is 0. The van der Waals surface area contributed by atoms with Gasteiger partial charge >= 0.3 is 0 Å². The largest absolute Gasteiger partial charge is 0.484 e. The Bertz CT molecular complexity index is 854. The Balaban J connectivity index is 0.00000385. The van der Waals surface area contributed by atoms with E-state index in [0.29, 0.717) is 25.4 Å². The van der Waals surface area contributed by atoms with Gasteiger partial charge in [0.1, 0.15) is 11.5 Å². The predicted molar refractivity (Wildman–Crippen MR) is 141 cm³/mol. The highest BCUT2D eigenvalue weighted by atomic mass is 127. The molecule has 182 valence electrons. The number of furan rings is 1. The molecule has 3 rings (SSSR count). The highest BCUT2D eigenvalue weighted by Crippen LogP contribution is 2.24. The maximum atomic E-state index is 11.6. The number of carbonyl (C=O) groups is 1. The number of likely N-dealkylation sites (N-methyl/N-ethyl adjacent to an activating group) is 1. The van der Waals surface area contributed by atoms with Gasteiger partial charge < -0.3 is 25.1 Å². The fraction of sp³-hybridized carbons (Fsp3) is 0.500. The molecule has 2 heterocycles. The highest BCUT2D eigenvalue weighted by molar-refractivity contribution is 14.0. The van der Waals surface area contributed by atoms with Gasteiger partial charge in [-0.15, -0.1) is 24.0 Å². The summed E-state index contributed by atoms with van der Waals surface area (Å²) in [6, 6.07) is 11.9. The fourth-order valence-electron chi connectivity index (χ4n) is 3.86. The predicted octanol–water partition coefficient (Wildman–Crippen LogP) is 3.30. The van der Waals surface area contributed by atoms with Crippen LogP contribution in [0.25, 0.3) is 0 Å². The molecule has 1 atom stereocenters. The number of nitrogens with zero attached hydrogens (tertiary/aromatic N) is 2. The molecule has 8 nitrogen and oxygen atoms in total. The van der Waals surface area contributed by atoms with Gasteiger partial charge in [-0.1, -0.05) is 18.6 Å². The minimum absolute atomic E-state index is 0. The van der Waals surface area contributed by atoms with Crippen LogP contribution in [0.2, 0.25) is 0 Å². The first kappa shape index (κ1) is 27.0. The van der Waals surface area contributed by atoms with E-state index < -0.39 is 0 Å². The molecule has 1 amide bonds. The Kier molecular flexibility index (Phi) is 12.1. The summed E-state index contributed by atoms with van der Waals surface area (Å²) in [7, 11) is 1.77. The number of likely N-dealkylation sites (tertiary alicyclic amines) is 1. The molecule has 1 aliphatic heterocycles. The van der Waals surface area contributed by atoms with Crippen LogP contribution in [0.15, 0.2) is 52.1 Å². The molecule has 0 bridgehead atoms. The lowest BCUT2D eigenvalue weighted by Crippen LogP contribution is -2.44. The first-order valence-corrected chi connectivity index (χ1v) is 11.4. The number of benzene rings is 1. The molecule has 1 fully saturated rings. The Morgan fingerprint density at radius 1 is 1.15 bits per heavy atom. The van der Waals surface area contributed by atoms with Crippen molar-refractivity contribution < 1.29 is 13.9 Å².